The lowest BCUT2D eigenvalue weighted by Gasteiger charge is -2.39. The van der Waals surface area contributed by atoms with E-state index in [1.54, 1.807) is 0 Å². The summed E-state index contributed by atoms with van der Waals surface area (Å²) in [4.78, 5) is 21.5. The van der Waals surface area contributed by atoms with Crippen molar-refractivity contribution < 1.29 is 4.79 Å². The van der Waals surface area contributed by atoms with E-state index in [0.29, 0.717) is 0 Å². The standard InChI is InChI=1S/C7H10N2O2/c10-7-5-1-3-6(4-2-5)9(7)8-11/h5-6H,1-4H2. The number of carbonyl (C=O) groups excluding carboxylic acids is 1. The highest BCUT2D eigenvalue weighted by molar-refractivity contribution is 5.80. The third-order valence-corrected chi connectivity index (χ3v) is 2.71. The molecule has 2 heterocycles. The van der Waals surface area contributed by atoms with Crippen LogP contribution in [-0.2, 0) is 4.79 Å². The summed E-state index contributed by atoms with van der Waals surface area (Å²) in [6.07, 6.45) is 3.83. The van der Waals surface area contributed by atoms with E-state index in [0.717, 1.165) is 30.7 Å². The Labute approximate surface area is 64.5 Å². The summed E-state index contributed by atoms with van der Waals surface area (Å²) in [5, 5.41) is 3.88. The summed E-state index contributed by atoms with van der Waals surface area (Å²) < 4.78 is 0. The Balaban J connectivity index is 2.22. The summed E-state index contributed by atoms with van der Waals surface area (Å²) in [6, 6.07) is 0.116. The monoisotopic (exact) mass is 154 g/mol. The quantitative estimate of drug-likeness (QED) is 0.530. The zero-order valence-corrected chi connectivity index (χ0v) is 6.19. The van der Waals surface area contributed by atoms with Crippen LogP contribution in [-0.4, -0.2) is 17.0 Å². The molecule has 3 aliphatic rings. The van der Waals surface area contributed by atoms with Gasteiger partial charge in [-0.25, -0.2) is 0 Å². The van der Waals surface area contributed by atoms with Crippen LogP contribution in [0.15, 0.2) is 5.29 Å². The maximum absolute atomic E-state index is 11.3. The maximum atomic E-state index is 11.3. The number of piperidine rings is 2. The van der Waals surface area contributed by atoms with Gasteiger partial charge in [-0.15, -0.1) is 4.91 Å². The molecule has 2 bridgehead atoms. The molecule has 0 spiro atoms. The normalized spacial score (nSPS) is 36.0. The summed E-state index contributed by atoms with van der Waals surface area (Å²) in [5.41, 5.74) is 0. The lowest BCUT2D eigenvalue weighted by Crippen LogP contribution is -2.49. The van der Waals surface area contributed by atoms with Gasteiger partial charge in [0.1, 0.15) is 0 Å². The number of nitrogens with zero attached hydrogens (tertiary/aromatic N) is 2. The summed E-state index contributed by atoms with van der Waals surface area (Å²) >= 11 is 0. The molecule has 2 saturated heterocycles. The van der Waals surface area contributed by atoms with Gasteiger partial charge in [0.2, 0.25) is 5.91 Å². The Morgan fingerprint density at radius 2 is 1.91 bits per heavy atom. The Morgan fingerprint density at radius 3 is 2.27 bits per heavy atom. The van der Waals surface area contributed by atoms with Crippen molar-refractivity contribution in [1.29, 1.82) is 0 Å². The molecule has 4 nitrogen and oxygen atoms in total. The second-order valence-electron chi connectivity index (χ2n) is 3.27. The molecule has 11 heavy (non-hydrogen) atoms. The largest absolute Gasteiger partial charge is 0.273 e. The van der Waals surface area contributed by atoms with Crippen molar-refractivity contribution in [1.82, 2.24) is 5.01 Å². The van der Waals surface area contributed by atoms with Crippen molar-refractivity contribution >= 4 is 5.91 Å². The van der Waals surface area contributed by atoms with Crippen LogP contribution in [0, 0.1) is 10.8 Å². The van der Waals surface area contributed by atoms with Gasteiger partial charge in [0, 0.05) is 5.92 Å². The Bertz CT molecular complexity index is 197. The lowest BCUT2D eigenvalue weighted by molar-refractivity contribution is -0.147. The molecular weight excluding hydrogens is 144 g/mol. The van der Waals surface area contributed by atoms with Crippen molar-refractivity contribution in [2.45, 2.75) is 31.7 Å². The third-order valence-electron chi connectivity index (χ3n) is 2.71. The van der Waals surface area contributed by atoms with Gasteiger partial charge in [0.15, 0.2) is 0 Å². The smallest absolute Gasteiger partial charge is 0.248 e. The van der Waals surface area contributed by atoms with Crippen LogP contribution in [0.1, 0.15) is 25.7 Å². The van der Waals surface area contributed by atoms with Gasteiger partial charge in [-0.3, -0.25) is 4.79 Å². The van der Waals surface area contributed by atoms with E-state index < -0.39 is 0 Å². The first-order chi connectivity index (χ1) is 5.33. The molecule has 0 unspecified atom stereocenters. The number of carbonyl (C=O) groups is 1. The molecular formula is C7H10N2O2. The Morgan fingerprint density at radius 1 is 1.27 bits per heavy atom. The molecule has 1 saturated carbocycles. The molecule has 60 valence electrons. The predicted molar refractivity (Wildman–Crippen MR) is 38.4 cm³/mol. The fourth-order valence-electron chi connectivity index (χ4n) is 2.04. The highest BCUT2D eigenvalue weighted by Crippen LogP contribution is 2.35. The van der Waals surface area contributed by atoms with Gasteiger partial charge in [-0.1, -0.05) is 0 Å². The minimum absolute atomic E-state index is 0.0532. The van der Waals surface area contributed by atoms with E-state index in [2.05, 4.69) is 5.29 Å². The molecule has 4 heteroatoms. The van der Waals surface area contributed by atoms with Crippen LogP contribution in [0.2, 0.25) is 0 Å². The number of nitroso groups, excluding NO2 is 1. The van der Waals surface area contributed by atoms with Crippen molar-refractivity contribution in [2.24, 2.45) is 11.2 Å². The van der Waals surface area contributed by atoms with Crippen molar-refractivity contribution in [3.05, 3.63) is 4.91 Å². The summed E-state index contributed by atoms with van der Waals surface area (Å²) in [6.45, 7) is 0. The Hall–Kier alpha value is -0.930. The van der Waals surface area contributed by atoms with Crippen LogP contribution < -0.4 is 0 Å². The maximum Gasteiger partial charge on any atom is 0.248 e. The molecule has 0 atom stereocenters. The molecule has 0 radical (unpaired) electrons. The molecule has 1 aliphatic carbocycles. The molecule has 0 aromatic heterocycles. The molecule has 0 N–H and O–H groups in total. The highest BCUT2D eigenvalue weighted by atomic mass is 16.3. The van der Waals surface area contributed by atoms with E-state index >= 15 is 0 Å². The van der Waals surface area contributed by atoms with Crippen molar-refractivity contribution in [3.63, 3.8) is 0 Å². The van der Waals surface area contributed by atoms with E-state index in [1.165, 1.54) is 0 Å². The van der Waals surface area contributed by atoms with E-state index in [1.807, 2.05) is 0 Å². The molecule has 3 fully saturated rings. The second kappa shape index (κ2) is 2.29. The SMILES string of the molecule is O=NN1C(=O)C2CCC1CC2. The van der Waals surface area contributed by atoms with Crippen LogP contribution in [0.25, 0.3) is 0 Å². The van der Waals surface area contributed by atoms with Crippen LogP contribution in [0.5, 0.6) is 0 Å². The van der Waals surface area contributed by atoms with Gasteiger partial charge in [-0.2, -0.15) is 5.01 Å². The first-order valence-corrected chi connectivity index (χ1v) is 3.99. The first kappa shape index (κ1) is 6.76. The summed E-state index contributed by atoms with van der Waals surface area (Å²) in [5.74, 6) is 0.0419. The minimum atomic E-state index is -0.0532. The fourth-order valence-corrected chi connectivity index (χ4v) is 2.04. The molecule has 2 aliphatic heterocycles. The topological polar surface area (TPSA) is 49.7 Å². The second-order valence-corrected chi connectivity index (χ2v) is 3.27. The van der Waals surface area contributed by atoms with Gasteiger partial charge >= 0.3 is 0 Å². The van der Waals surface area contributed by atoms with Gasteiger partial charge in [-0.05, 0) is 25.7 Å². The predicted octanol–water partition coefficient (Wildman–Crippen LogP) is 1.07. The summed E-state index contributed by atoms with van der Waals surface area (Å²) in [7, 11) is 0. The van der Waals surface area contributed by atoms with Crippen LogP contribution in [0.4, 0.5) is 0 Å². The number of fused-ring (bicyclic) bond motifs is 3. The van der Waals surface area contributed by atoms with Crippen molar-refractivity contribution in [3.8, 4) is 0 Å². The molecule has 0 aromatic rings. The highest BCUT2D eigenvalue weighted by Gasteiger charge is 2.41. The zero-order chi connectivity index (χ0) is 7.84. The van der Waals surface area contributed by atoms with Gasteiger partial charge < -0.3 is 0 Å². The number of hydrogen-bond donors (Lipinski definition) is 0. The van der Waals surface area contributed by atoms with Gasteiger partial charge in [0.05, 0.1) is 11.3 Å². The molecule has 1 amide bonds. The van der Waals surface area contributed by atoms with Gasteiger partial charge in [0.25, 0.3) is 0 Å². The van der Waals surface area contributed by atoms with Crippen LogP contribution >= 0.6 is 0 Å². The van der Waals surface area contributed by atoms with Crippen LogP contribution in [0.3, 0.4) is 0 Å². The molecule has 0 aromatic carbocycles. The first-order valence-electron chi connectivity index (χ1n) is 3.99. The van der Waals surface area contributed by atoms with Crippen molar-refractivity contribution in [2.75, 3.05) is 0 Å². The zero-order valence-electron chi connectivity index (χ0n) is 6.19. The average Bonchev–Trinajstić information content (AvgIpc) is 2.06. The van der Waals surface area contributed by atoms with E-state index in [4.69, 9.17) is 0 Å². The lowest BCUT2D eigenvalue weighted by atomic mass is 9.80. The molecule has 3 rings (SSSR count). The Kier molecular flexibility index (Phi) is 1.41. The number of hydrogen-bond acceptors (Lipinski definition) is 3. The third kappa shape index (κ3) is 0.852. The minimum Gasteiger partial charge on any atom is -0.273 e. The fraction of sp³-hybridized carbons (Fsp3) is 0.857. The average molecular weight is 154 g/mol. The van der Waals surface area contributed by atoms with E-state index in [9.17, 15) is 9.70 Å². The number of rotatable bonds is 1. The number of amides is 1. The van der Waals surface area contributed by atoms with E-state index in [-0.39, 0.29) is 17.9 Å².